The molecule has 2 N–H and O–H groups in total. The van der Waals surface area contributed by atoms with Crippen molar-refractivity contribution in [3.05, 3.63) is 0 Å². The molecule has 0 aliphatic rings. The van der Waals surface area contributed by atoms with Gasteiger partial charge in [-0.2, -0.15) is 0 Å². The zero-order valence-corrected chi connectivity index (χ0v) is 16.2. The Balaban J connectivity index is 4.16. The number of amides is 3. The standard InChI is InChI=1S/C14H29IN4O2/c1-11(19(15)10-9-18(6)13(16)21)7-8-17(5)12(20)14(2,3)4/h11H,7-10H2,1-6H3,(H2,16,21). The molecule has 6 nitrogen and oxygen atoms in total. The normalized spacial score (nSPS) is 13.1. The number of hydrogen-bond acceptors (Lipinski definition) is 3. The fourth-order valence-corrected chi connectivity index (χ4v) is 2.27. The van der Waals surface area contributed by atoms with E-state index < -0.39 is 6.03 Å². The first kappa shape index (κ1) is 20.4. The Morgan fingerprint density at radius 1 is 1.10 bits per heavy atom. The molecule has 0 aliphatic heterocycles. The fraction of sp³-hybridized carbons (Fsp3) is 0.857. The Labute approximate surface area is 142 Å². The lowest BCUT2D eigenvalue weighted by molar-refractivity contribution is -0.138. The molecule has 124 valence electrons. The van der Waals surface area contributed by atoms with Crippen molar-refractivity contribution >= 4 is 34.8 Å². The van der Waals surface area contributed by atoms with Crippen LogP contribution in [0.15, 0.2) is 0 Å². The monoisotopic (exact) mass is 412 g/mol. The third-order valence-electron chi connectivity index (χ3n) is 3.37. The second-order valence-electron chi connectivity index (χ2n) is 6.50. The number of carbonyl (C=O) groups excluding carboxylic acids is 2. The van der Waals surface area contributed by atoms with Gasteiger partial charge in [0, 0.05) is 68.1 Å². The highest BCUT2D eigenvalue weighted by molar-refractivity contribution is 14.1. The van der Waals surface area contributed by atoms with E-state index in [1.807, 2.05) is 27.8 Å². The third kappa shape index (κ3) is 7.85. The molecule has 0 aliphatic carbocycles. The number of rotatable bonds is 7. The van der Waals surface area contributed by atoms with Crippen molar-refractivity contribution in [1.29, 1.82) is 0 Å². The van der Waals surface area contributed by atoms with Crippen LogP contribution in [0, 0.1) is 5.41 Å². The topological polar surface area (TPSA) is 69.9 Å². The molecule has 0 fully saturated rings. The molecule has 0 aromatic rings. The highest BCUT2D eigenvalue weighted by Crippen LogP contribution is 2.17. The lowest BCUT2D eigenvalue weighted by atomic mass is 9.95. The Morgan fingerprint density at radius 3 is 2.05 bits per heavy atom. The molecule has 3 amide bonds. The first-order chi connectivity index (χ1) is 9.46. The van der Waals surface area contributed by atoms with Gasteiger partial charge in [-0.15, -0.1) is 0 Å². The number of nitrogens with two attached hydrogens (primary N) is 1. The molecule has 0 heterocycles. The maximum absolute atomic E-state index is 12.1. The molecule has 0 aromatic heterocycles. The van der Waals surface area contributed by atoms with E-state index in [4.69, 9.17) is 5.73 Å². The summed E-state index contributed by atoms with van der Waals surface area (Å²) in [6, 6.07) is -0.0925. The molecule has 0 aromatic carbocycles. The maximum Gasteiger partial charge on any atom is 0.314 e. The quantitative estimate of drug-likeness (QED) is 0.513. The average Bonchev–Trinajstić information content (AvgIpc) is 2.38. The van der Waals surface area contributed by atoms with Crippen LogP contribution in [0.2, 0.25) is 0 Å². The van der Waals surface area contributed by atoms with Gasteiger partial charge in [-0.05, 0) is 13.3 Å². The molecule has 0 radical (unpaired) electrons. The van der Waals surface area contributed by atoms with Gasteiger partial charge in [0.2, 0.25) is 5.91 Å². The van der Waals surface area contributed by atoms with Crippen LogP contribution in [-0.4, -0.2) is 64.6 Å². The second-order valence-corrected chi connectivity index (χ2v) is 7.74. The first-order valence-corrected chi connectivity index (χ1v) is 8.11. The smallest absolute Gasteiger partial charge is 0.314 e. The number of nitrogens with zero attached hydrogens (tertiary/aromatic N) is 3. The number of carbonyl (C=O) groups is 2. The van der Waals surface area contributed by atoms with Crippen molar-refractivity contribution in [3.63, 3.8) is 0 Å². The number of primary amides is 1. The van der Waals surface area contributed by atoms with Crippen LogP contribution in [0.1, 0.15) is 34.1 Å². The summed E-state index contributed by atoms with van der Waals surface area (Å²) >= 11 is 2.26. The van der Waals surface area contributed by atoms with Crippen molar-refractivity contribution in [2.45, 2.75) is 40.2 Å². The van der Waals surface area contributed by atoms with Crippen molar-refractivity contribution < 1.29 is 9.59 Å². The summed E-state index contributed by atoms with van der Waals surface area (Å²) in [7, 11) is 3.53. The van der Waals surface area contributed by atoms with E-state index in [-0.39, 0.29) is 11.3 Å². The molecule has 0 rings (SSSR count). The molecule has 1 unspecified atom stereocenters. The SMILES string of the molecule is CC(CCN(C)C(=O)C(C)(C)C)N(I)CCN(C)C(N)=O. The summed E-state index contributed by atoms with van der Waals surface area (Å²) in [6.45, 7) is 9.98. The molecule has 0 saturated carbocycles. The highest BCUT2D eigenvalue weighted by atomic mass is 127. The van der Waals surface area contributed by atoms with Gasteiger partial charge in [-0.25, -0.2) is 7.91 Å². The van der Waals surface area contributed by atoms with Gasteiger partial charge in [-0.3, -0.25) is 4.79 Å². The van der Waals surface area contributed by atoms with Crippen LogP contribution < -0.4 is 5.73 Å². The number of halogens is 1. The van der Waals surface area contributed by atoms with Crippen molar-refractivity contribution in [1.82, 2.24) is 12.9 Å². The molecule has 0 saturated heterocycles. The number of likely N-dealkylation sites (N-methyl/N-ethyl adjacent to an activating group) is 1. The zero-order valence-electron chi connectivity index (χ0n) is 14.0. The minimum Gasteiger partial charge on any atom is -0.351 e. The van der Waals surface area contributed by atoms with Gasteiger partial charge >= 0.3 is 6.03 Å². The summed E-state index contributed by atoms with van der Waals surface area (Å²) in [5.74, 6) is 0.156. The molecule has 0 bridgehead atoms. The lowest BCUT2D eigenvalue weighted by Gasteiger charge is -2.29. The fourth-order valence-electron chi connectivity index (χ4n) is 1.77. The predicted octanol–water partition coefficient (Wildman–Crippen LogP) is 1.93. The van der Waals surface area contributed by atoms with Crippen LogP contribution in [-0.2, 0) is 4.79 Å². The number of hydrogen-bond donors (Lipinski definition) is 1. The molecule has 7 heteroatoms. The summed E-state index contributed by atoms with van der Waals surface area (Å²) < 4.78 is 2.15. The van der Waals surface area contributed by atoms with E-state index in [9.17, 15) is 9.59 Å². The van der Waals surface area contributed by atoms with E-state index >= 15 is 0 Å². The molecule has 1 atom stereocenters. The van der Waals surface area contributed by atoms with Crippen LogP contribution in [0.4, 0.5) is 4.79 Å². The molecule has 21 heavy (non-hydrogen) atoms. The van der Waals surface area contributed by atoms with Gasteiger partial charge in [0.25, 0.3) is 0 Å². The molecular formula is C14H29IN4O2. The van der Waals surface area contributed by atoms with Crippen molar-refractivity contribution in [3.8, 4) is 0 Å². The summed E-state index contributed by atoms with van der Waals surface area (Å²) in [4.78, 5) is 26.3. The Morgan fingerprint density at radius 2 is 1.62 bits per heavy atom. The van der Waals surface area contributed by atoms with E-state index in [2.05, 4.69) is 32.9 Å². The van der Waals surface area contributed by atoms with Crippen LogP contribution in [0.3, 0.4) is 0 Å². The van der Waals surface area contributed by atoms with Crippen LogP contribution in [0.5, 0.6) is 0 Å². The van der Waals surface area contributed by atoms with Gasteiger partial charge in [0.1, 0.15) is 0 Å². The maximum atomic E-state index is 12.1. The minimum atomic E-state index is -0.414. The zero-order chi connectivity index (χ0) is 16.8. The lowest BCUT2D eigenvalue weighted by Crippen LogP contribution is -2.41. The minimum absolute atomic E-state index is 0.156. The predicted molar refractivity (Wildman–Crippen MR) is 94.1 cm³/mol. The second kappa shape index (κ2) is 8.77. The van der Waals surface area contributed by atoms with E-state index in [0.29, 0.717) is 12.6 Å². The Kier molecular flexibility index (Phi) is 8.53. The average molecular weight is 412 g/mol. The van der Waals surface area contributed by atoms with Gasteiger partial charge < -0.3 is 15.5 Å². The first-order valence-electron chi connectivity index (χ1n) is 7.15. The van der Waals surface area contributed by atoms with Crippen LogP contribution >= 0.6 is 22.9 Å². The van der Waals surface area contributed by atoms with Crippen molar-refractivity contribution in [2.75, 3.05) is 33.7 Å². The van der Waals surface area contributed by atoms with Gasteiger partial charge in [0.15, 0.2) is 0 Å². The van der Waals surface area contributed by atoms with Crippen molar-refractivity contribution in [2.24, 2.45) is 11.1 Å². The largest absolute Gasteiger partial charge is 0.351 e. The third-order valence-corrected chi connectivity index (χ3v) is 4.81. The summed E-state index contributed by atoms with van der Waals surface area (Å²) in [6.07, 6.45) is 0.890. The van der Waals surface area contributed by atoms with E-state index in [0.717, 1.165) is 19.5 Å². The molecular weight excluding hydrogens is 383 g/mol. The summed E-state index contributed by atoms with van der Waals surface area (Å²) in [5, 5.41) is 0. The Hall–Kier alpha value is -0.570. The molecule has 0 spiro atoms. The van der Waals surface area contributed by atoms with Crippen LogP contribution in [0.25, 0.3) is 0 Å². The highest BCUT2D eigenvalue weighted by Gasteiger charge is 2.25. The van der Waals surface area contributed by atoms with E-state index in [1.54, 1.807) is 11.9 Å². The van der Waals surface area contributed by atoms with E-state index in [1.165, 1.54) is 4.90 Å². The summed E-state index contributed by atoms with van der Waals surface area (Å²) in [5.41, 5.74) is 4.85. The number of urea groups is 1. The Bertz CT molecular complexity index is 357. The van der Waals surface area contributed by atoms with Gasteiger partial charge in [-0.1, -0.05) is 20.8 Å². The van der Waals surface area contributed by atoms with Gasteiger partial charge in [0.05, 0.1) is 0 Å².